The van der Waals surface area contributed by atoms with Gasteiger partial charge in [-0.05, 0) is 49.2 Å². The van der Waals surface area contributed by atoms with Gasteiger partial charge < -0.3 is 15.4 Å². The molecule has 0 radical (unpaired) electrons. The first-order valence-electron chi connectivity index (χ1n) is 8.39. The quantitative estimate of drug-likeness (QED) is 0.601. The molecule has 3 aromatic rings. The fraction of sp³-hybridized carbons (Fsp3) is 0.200. The molecule has 2 N–H and O–H groups in total. The van der Waals surface area contributed by atoms with Crippen LogP contribution < -0.4 is 15.4 Å². The van der Waals surface area contributed by atoms with Gasteiger partial charge in [0.05, 0.1) is 12.1 Å². The Balaban J connectivity index is 1.79. The number of hydrogen-bond donors (Lipinski definition) is 2. The molecule has 0 bridgehead atoms. The Morgan fingerprint density at radius 3 is 2.35 bits per heavy atom. The summed E-state index contributed by atoms with van der Waals surface area (Å²) in [5, 5.41) is 7.02. The maximum Gasteiger partial charge on any atom is 0.229 e. The van der Waals surface area contributed by atoms with Crippen LogP contribution in [0.15, 0.2) is 48.5 Å². The van der Waals surface area contributed by atoms with Crippen LogP contribution in [-0.4, -0.2) is 17.1 Å². The number of nitrogens with one attached hydrogen (secondary N) is 2. The van der Waals surface area contributed by atoms with Crippen molar-refractivity contribution in [2.75, 3.05) is 17.7 Å². The first-order valence-corrected chi connectivity index (χ1v) is 8.77. The minimum atomic E-state index is 0.499. The van der Waals surface area contributed by atoms with E-state index >= 15 is 0 Å². The van der Waals surface area contributed by atoms with E-state index in [0.29, 0.717) is 16.7 Å². The van der Waals surface area contributed by atoms with E-state index in [1.807, 2.05) is 31.2 Å². The van der Waals surface area contributed by atoms with Gasteiger partial charge in [-0.15, -0.1) is 0 Å². The molecule has 0 aliphatic carbocycles. The molecule has 0 unspecified atom stereocenters. The van der Waals surface area contributed by atoms with Gasteiger partial charge in [0.1, 0.15) is 11.6 Å². The molecule has 0 atom stereocenters. The zero-order valence-electron chi connectivity index (χ0n) is 15.0. The third-order valence-electron chi connectivity index (χ3n) is 3.90. The van der Waals surface area contributed by atoms with Crippen LogP contribution in [0.3, 0.4) is 0 Å². The summed E-state index contributed by atoms with van der Waals surface area (Å²) >= 11 is 6.17. The van der Waals surface area contributed by atoms with E-state index in [0.717, 1.165) is 29.3 Å². The van der Waals surface area contributed by atoms with E-state index in [-0.39, 0.29) is 0 Å². The Morgan fingerprint density at radius 2 is 1.69 bits per heavy atom. The van der Waals surface area contributed by atoms with Crippen molar-refractivity contribution in [2.24, 2.45) is 0 Å². The number of benzene rings is 2. The Labute approximate surface area is 158 Å². The molecule has 0 spiro atoms. The van der Waals surface area contributed by atoms with Crippen molar-refractivity contribution in [3.8, 4) is 5.75 Å². The highest BCUT2D eigenvalue weighted by molar-refractivity contribution is 6.32. The molecule has 0 saturated heterocycles. The Hall–Kier alpha value is -2.79. The number of aryl methyl sites for hydroxylation is 2. The van der Waals surface area contributed by atoms with Crippen molar-refractivity contribution in [1.82, 2.24) is 9.97 Å². The lowest BCUT2D eigenvalue weighted by atomic mass is 10.1. The number of nitrogens with zero attached hydrogens (tertiary/aromatic N) is 2. The number of anilines is 4. The van der Waals surface area contributed by atoms with Crippen LogP contribution in [0.25, 0.3) is 0 Å². The zero-order valence-corrected chi connectivity index (χ0v) is 15.8. The molecule has 0 aliphatic rings. The second-order valence-electron chi connectivity index (χ2n) is 5.87. The summed E-state index contributed by atoms with van der Waals surface area (Å²) in [6.07, 6.45) is 1.02. The number of hydrogen-bond acceptors (Lipinski definition) is 5. The summed E-state index contributed by atoms with van der Waals surface area (Å²) in [5.74, 6) is 1.85. The molecule has 26 heavy (non-hydrogen) atoms. The summed E-state index contributed by atoms with van der Waals surface area (Å²) in [6, 6.07) is 15.7. The van der Waals surface area contributed by atoms with Gasteiger partial charge in [-0.3, -0.25) is 0 Å². The predicted octanol–water partition coefficient (Wildman–Crippen LogP) is 5.50. The molecule has 3 rings (SSSR count). The van der Waals surface area contributed by atoms with Crippen LogP contribution >= 0.6 is 11.6 Å². The molecule has 2 aromatic carbocycles. The van der Waals surface area contributed by atoms with Crippen LogP contribution in [0.1, 0.15) is 18.2 Å². The van der Waals surface area contributed by atoms with E-state index in [1.54, 1.807) is 19.2 Å². The lowest BCUT2D eigenvalue weighted by molar-refractivity contribution is 0.415. The smallest absolute Gasteiger partial charge is 0.229 e. The highest BCUT2D eigenvalue weighted by atomic mass is 35.5. The second-order valence-corrected chi connectivity index (χ2v) is 6.28. The number of ether oxygens (including phenoxy) is 1. The lowest BCUT2D eigenvalue weighted by Gasteiger charge is -2.11. The van der Waals surface area contributed by atoms with Gasteiger partial charge in [-0.25, -0.2) is 4.98 Å². The third kappa shape index (κ3) is 4.43. The zero-order chi connectivity index (χ0) is 18.5. The van der Waals surface area contributed by atoms with Gasteiger partial charge in [-0.2, -0.15) is 4.98 Å². The molecule has 0 saturated carbocycles. The monoisotopic (exact) mass is 368 g/mol. The van der Waals surface area contributed by atoms with Crippen LogP contribution in [-0.2, 0) is 6.42 Å². The van der Waals surface area contributed by atoms with Gasteiger partial charge >= 0.3 is 0 Å². The maximum absolute atomic E-state index is 6.17. The van der Waals surface area contributed by atoms with Crippen LogP contribution in [0.4, 0.5) is 23.1 Å². The van der Waals surface area contributed by atoms with E-state index in [2.05, 4.69) is 39.7 Å². The first kappa shape index (κ1) is 18.0. The number of methoxy groups -OCH3 is 1. The minimum absolute atomic E-state index is 0.499. The van der Waals surface area contributed by atoms with Crippen molar-refractivity contribution in [3.63, 3.8) is 0 Å². The van der Waals surface area contributed by atoms with Crippen LogP contribution in [0.2, 0.25) is 5.02 Å². The third-order valence-corrected chi connectivity index (χ3v) is 4.19. The summed E-state index contributed by atoms with van der Waals surface area (Å²) in [7, 11) is 1.59. The Kier molecular flexibility index (Phi) is 5.58. The second kappa shape index (κ2) is 8.06. The summed E-state index contributed by atoms with van der Waals surface area (Å²) < 4.78 is 5.17. The highest BCUT2D eigenvalue weighted by Crippen LogP contribution is 2.28. The van der Waals surface area contributed by atoms with Gasteiger partial charge in [0, 0.05) is 23.1 Å². The largest absolute Gasteiger partial charge is 0.495 e. The molecule has 0 fully saturated rings. The normalized spacial score (nSPS) is 10.5. The standard InChI is InChI=1S/C20H21ClN4O/c1-4-14-5-7-15(8-6-14)23-19-11-13(2)22-20(25-19)24-16-9-10-18(26-3)17(21)12-16/h5-12H,4H2,1-3H3,(H2,22,23,24,25). The topological polar surface area (TPSA) is 59.1 Å². The van der Waals surface area contributed by atoms with Crippen molar-refractivity contribution in [1.29, 1.82) is 0 Å². The molecule has 1 aromatic heterocycles. The molecular formula is C20H21ClN4O. The average molecular weight is 369 g/mol. The first-order chi connectivity index (χ1) is 12.6. The number of rotatable bonds is 6. The summed E-state index contributed by atoms with van der Waals surface area (Å²) in [4.78, 5) is 8.97. The number of aromatic nitrogens is 2. The van der Waals surface area contributed by atoms with E-state index < -0.39 is 0 Å². The summed E-state index contributed by atoms with van der Waals surface area (Å²) in [6.45, 7) is 4.07. The lowest BCUT2D eigenvalue weighted by Crippen LogP contribution is -2.02. The predicted molar refractivity (Wildman–Crippen MR) is 107 cm³/mol. The average Bonchev–Trinajstić information content (AvgIpc) is 2.62. The molecule has 134 valence electrons. The van der Waals surface area contributed by atoms with Crippen molar-refractivity contribution in [2.45, 2.75) is 20.3 Å². The van der Waals surface area contributed by atoms with Gasteiger partial charge in [0.2, 0.25) is 5.95 Å². The van der Waals surface area contributed by atoms with Crippen molar-refractivity contribution < 1.29 is 4.74 Å². The van der Waals surface area contributed by atoms with E-state index in [9.17, 15) is 0 Å². The number of halogens is 1. The fourth-order valence-corrected chi connectivity index (χ4v) is 2.79. The molecule has 5 nitrogen and oxygen atoms in total. The molecule has 0 amide bonds. The van der Waals surface area contributed by atoms with Crippen molar-refractivity contribution >= 4 is 34.7 Å². The van der Waals surface area contributed by atoms with Crippen LogP contribution in [0.5, 0.6) is 5.75 Å². The van der Waals surface area contributed by atoms with Gasteiger partial charge in [-0.1, -0.05) is 30.7 Å². The Morgan fingerprint density at radius 1 is 0.962 bits per heavy atom. The highest BCUT2D eigenvalue weighted by Gasteiger charge is 2.06. The van der Waals surface area contributed by atoms with E-state index in [4.69, 9.17) is 16.3 Å². The molecule has 0 aliphatic heterocycles. The van der Waals surface area contributed by atoms with Crippen molar-refractivity contribution in [3.05, 3.63) is 64.8 Å². The fourth-order valence-electron chi connectivity index (χ4n) is 2.53. The van der Waals surface area contributed by atoms with Gasteiger partial charge in [0.25, 0.3) is 0 Å². The molecule has 1 heterocycles. The van der Waals surface area contributed by atoms with Gasteiger partial charge in [0.15, 0.2) is 0 Å². The molecular weight excluding hydrogens is 348 g/mol. The maximum atomic E-state index is 6.17. The van der Waals surface area contributed by atoms with Crippen LogP contribution in [0, 0.1) is 6.92 Å². The Bertz CT molecular complexity index is 897. The SMILES string of the molecule is CCc1ccc(Nc2cc(C)nc(Nc3ccc(OC)c(Cl)c3)n2)cc1. The minimum Gasteiger partial charge on any atom is -0.495 e. The summed E-state index contributed by atoms with van der Waals surface area (Å²) in [5.41, 5.74) is 3.93. The van der Waals surface area contributed by atoms with E-state index in [1.165, 1.54) is 5.56 Å². The molecule has 6 heteroatoms.